The number of thiophene rings is 1. The number of carbonyl (C=O) groups excluding carboxylic acids is 1. The Bertz CT molecular complexity index is 611. The molecule has 20 heavy (non-hydrogen) atoms. The van der Waals surface area contributed by atoms with Crippen LogP contribution >= 0.6 is 11.3 Å². The molecule has 0 aliphatic carbocycles. The summed E-state index contributed by atoms with van der Waals surface area (Å²) in [7, 11) is 0. The number of nitrogens with two attached hydrogens (primary N) is 2. The lowest BCUT2D eigenvalue weighted by molar-refractivity contribution is -0.118. The van der Waals surface area contributed by atoms with Crippen LogP contribution in [0.1, 0.15) is 24.6 Å². The quantitative estimate of drug-likeness (QED) is 0.346. The molecule has 2 aromatic rings. The Labute approximate surface area is 120 Å². The highest BCUT2D eigenvalue weighted by molar-refractivity contribution is 7.18. The summed E-state index contributed by atoms with van der Waals surface area (Å²) in [6, 6.07) is 2.08. The molecule has 0 unspecified atom stereocenters. The van der Waals surface area contributed by atoms with Crippen LogP contribution < -0.4 is 22.3 Å². The topological polar surface area (TPSA) is 119 Å². The van der Waals surface area contributed by atoms with Crippen molar-refractivity contribution in [2.24, 2.45) is 11.6 Å². The van der Waals surface area contributed by atoms with Gasteiger partial charge in [0.1, 0.15) is 10.6 Å². The molecule has 1 amide bonds. The summed E-state index contributed by atoms with van der Waals surface area (Å²) in [5, 5.41) is 4.18. The SMILES string of the molecule is CCc1cc2c(NCCCC(N)=O)nc(NN)nc2s1. The largest absolute Gasteiger partial charge is 0.370 e. The van der Waals surface area contributed by atoms with Gasteiger partial charge in [-0.3, -0.25) is 10.2 Å². The van der Waals surface area contributed by atoms with Crippen LogP contribution in [0.3, 0.4) is 0 Å². The highest BCUT2D eigenvalue weighted by atomic mass is 32.1. The summed E-state index contributed by atoms with van der Waals surface area (Å²) in [6.07, 6.45) is 1.97. The van der Waals surface area contributed by atoms with E-state index in [1.165, 1.54) is 4.88 Å². The number of primary amides is 1. The Kier molecular flexibility index (Phi) is 4.70. The van der Waals surface area contributed by atoms with E-state index in [4.69, 9.17) is 11.6 Å². The second-order valence-corrected chi connectivity index (χ2v) is 5.44. The van der Waals surface area contributed by atoms with Crippen LogP contribution in [0.4, 0.5) is 11.8 Å². The second kappa shape index (κ2) is 6.49. The third kappa shape index (κ3) is 3.34. The maximum atomic E-state index is 10.7. The summed E-state index contributed by atoms with van der Waals surface area (Å²) in [4.78, 5) is 21.5. The van der Waals surface area contributed by atoms with E-state index in [1.54, 1.807) is 11.3 Å². The minimum Gasteiger partial charge on any atom is -0.370 e. The molecule has 6 N–H and O–H groups in total. The molecule has 0 saturated carbocycles. The van der Waals surface area contributed by atoms with E-state index < -0.39 is 0 Å². The summed E-state index contributed by atoms with van der Waals surface area (Å²) >= 11 is 1.62. The van der Waals surface area contributed by atoms with Gasteiger partial charge in [0, 0.05) is 17.8 Å². The Morgan fingerprint density at radius 3 is 2.90 bits per heavy atom. The van der Waals surface area contributed by atoms with E-state index in [0.29, 0.717) is 25.3 Å². The number of hydrogen-bond acceptors (Lipinski definition) is 7. The van der Waals surface area contributed by atoms with Gasteiger partial charge < -0.3 is 11.1 Å². The molecule has 0 spiro atoms. The molecule has 0 aliphatic heterocycles. The molecule has 0 aromatic carbocycles. The first-order valence-electron chi connectivity index (χ1n) is 6.43. The first-order valence-corrected chi connectivity index (χ1v) is 7.25. The van der Waals surface area contributed by atoms with E-state index in [9.17, 15) is 4.79 Å². The van der Waals surface area contributed by atoms with Crippen LogP contribution in [0.25, 0.3) is 10.2 Å². The van der Waals surface area contributed by atoms with Gasteiger partial charge in [-0.2, -0.15) is 4.98 Å². The van der Waals surface area contributed by atoms with E-state index in [-0.39, 0.29) is 5.91 Å². The fourth-order valence-electron chi connectivity index (χ4n) is 1.81. The minimum absolute atomic E-state index is 0.298. The molecule has 0 atom stereocenters. The van der Waals surface area contributed by atoms with Crippen molar-refractivity contribution in [3.63, 3.8) is 0 Å². The number of hydrazine groups is 1. The van der Waals surface area contributed by atoms with E-state index in [0.717, 1.165) is 22.5 Å². The van der Waals surface area contributed by atoms with Gasteiger partial charge in [0.25, 0.3) is 0 Å². The number of aromatic nitrogens is 2. The molecule has 7 nitrogen and oxygen atoms in total. The lowest BCUT2D eigenvalue weighted by atomic mass is 10.3. The maximum Gasteiger partial charge on any atom is 0.240 e. The predicted octanol–water partition coefficient (Wildman–Crippen LogP) is 1.22. The van der Waals surface area contributed by atoms with Crippen molar-refractivity contribution in [1.82, 2.24) is 9.97 Å². The molecule has 2 heterocycles. The van der Waals surface area contributed by atoms with Gasteiger partial charge in [-0.15, -0.1) is 11.3 Å². The maximum absolute atomic E-state index is 10.7. The minimum atomic E-state index is -0.298. The van der Waals surface area contributed by atoms with Crippen molar-refractivity contribution in [2.75, 3.05) is 17.3 Å². The van der Waals surface area contributed by atoms with Crippen molar-refractivity contribution in [1.29, 1.82) is 0 Å². The average Bonchev–Trinajstić information content (AvgIpc) is 2.86. The molecule has 0 radical (unpaired) electrons. The van der Waals surface area contributed by atoms with Crippen LogP contribution in [0, 0.1) is 0 Å². The fourth-order valence-corrected chi connectivity index (χ4v) is 2.78. The summed E-state index contributed by atoms with van der Waals surface area (Å²) in [5.41, 5.74) is 7.58. The number of rotatable bonds is 7. The van der Waals surface area contributed by atoms with Gasteiger partial charge in [-0.25, -0.2) is 10.8 Å². The molecule has 108 valence electrons. The van der Waals surface area contributed by atoms with Gasteiger partial charge in [-0.1, -0.05) is 6.92 Å². The van der Waals surface area contributed by atoms with Gasteiger partial charge in [0.15, 0.2) is 0 Å². The van der Waals surface area contributed by atoms with Gasteiger partial charge >= 0.3 is 0 Å². The zero-order chi connectivity index (χ0) is 14.5. The molecular weight excluding hydrogens is 276 g/mol. The van der Waals surface area contributed by atoms with Crippen molar-refractivity contribution >= 4 is 39.2 Å². The predicted molar refractivity (Wildman–Crippen MR) is 81.5 cm³/mol. The Balaban J connectivity index is 2.20. The Morgan fingerprint density at radius 1 is 1.45 bits per heavy atom. The number of carbonyl (C=O) groups is 1. The Hall–Kier alpha value is -1.93. The highest BCUT2D eigenvalue weighted by Gasteiger charge is 2.10. The van der Waals surface area contributed by atoms with Crippen molar-refractivity contribution in [2.45, 2.75) is 26.2 Å². The molecule has 8 heteroatoms. The van der Waals surface area contributed by atoms with Crippen LogP contribution in [0.5, 0.6) is 0 Å². The summed E-state index contributed by atoms with van der Waals surface area (Å²) < 4.78 is 0. The normalized spacial score (nSPS) is 10.7. The van der Waals surface area contributed by atoms with Crippen LogP contribution in [0.15, 0.2) is 6.07 Å². The first kappa shape index (κ1) is 14.5. The first-order chi connectivity index (χ1) is 9.63. The third-order valence-electron chi connectivity index (χ3n) is 2.81. The van der Waals surface area contributed by atoms with Crippen molar-refractivity contribution < 1.29 is 4.79 Å². The van der Waals surface area contributed by atoms with E-state index in [2.05, 4.69) is 33.7 Å². The zero-order valence-electron chi connectivity index (χ0n) is 11.3. The Morgan fingerprint density at radius 2 is 2.25 bits per heavy atom. The number of nitrogens with zero attached hydrogens (tertiary/aromatic N) is 2. The average molecular weight is 294 g/mol. The highest BCUT2D eigenvalue weighted by Crippen LogP contribution is 2.30. The zero-order valence-corrected chi connectivity index (χ0v) is 12.1. The number of nitrogens with one attached hydrogen (secondary N) is 2. The number of aryl methyl sites for hydroxylation is 1. The standard InChI is InChI=1S/C12H18N6OS/c1-2-7-6-8-10(15-5-3-4-9(13)19)16-12(18-14)17-11(8)20-7/h6H,2-5,14H2,1H3,(H2,13,19)(H2,15,16,17,18). The van der Waals surface area contributed by atoms with Gasteiger partial charge in [0.2, 0.25) is 11.9 Å². The molecule has 0 saturated heterocycles. The number of nitrogen functional groups attached to an aromatic ring is 1. The monoisotopic (exact) mass is 294 g/mol. The van der Waals surface area contributed by atoms with Crippen molar-refractivity contribution in [3.8, 4) is 0 Å². The number of fused-ring (bicyclic) bond motifs is 1. The van der Waals surface area contributed by atoms with Gasteiger partial charge in [-0.05, 0) is 18.9 Å². The third-order valence-corrected chi connectivity index (χ3v) is 3.99. The van der Waals surface area contributed by atoms with E-state index >= 15 is 0 Å². The molecule has 0 bridgehead atoms. The molecule has 2 aromatic heterocycles. The molecule has 0 aliphatic rings. The summed E-state index contributed by atoms with van der Waals surface area (Å²) in [6.45, 7) is 2.72. The van der Waals surface area contributed by atoms with Crippen molar-refractivity contribution in [3.05, 3.63) is 10.9 Å². The number of hydrogen-bond donors (Lipinski definition) is 4. The van der Waals surface area contributed by atoms with Gasteiger partial charge in [0.05, 0.1) is 5.39 Å². The lowest BCUT2D eigenvalue weighted by Gasteiger charge is -2.07. The lowest BCUT2D eigenvalue weighted by Crippen LogP contribution is -2.14. The summed E-state index contributed by atoms with van der Waals surface area (Å²) in [5.74, 6) is 6.19. The molecular formula is C12H18N6OS. The molecule has 2 rings (SSSR count). The van der Waals surface area contributed by atoms with E-state index in [1.807, 2.05) is 0 Å². The second-order valence-electron chi connectivity index (χ2n) is 4.32. The number of amides is 1. The number of anilines is 2. The fraction of sp³-hybridized carbons (Fsp3) is 0.417. The van der Waals surface area contributed by atoms with Crippen LogP contribution in [-0.2, 0) is 11.2 Å². The van der Waals surface area contributed by atoms with Crippen LogP contribution in [0.2, 0.25) is 0 Å². The van der Waals surface area contributed by atoms with Crippen LogP contribution in [-0.4, -0.2) is 22.4 Å². The molecule has 0 fully saturated rings. The smallest absolute Gasteiger partial charge is 0.240 e.